The first-order chi connectivity index (χ1) is 4.83. The first-order valence-electron chi connectivity index (χ1n) is 3.90. The quantitative estimate of drug-likeness (QED) is 0.481. The zero-order chi connectivity index (χ0) is 7.45. The highest BCUT2D eigenvalue weighted by atomic mass is 32.1. The molecule has 0 aromatic rings. The van der Waals surface area contributed by atoms with Gasteiger partial charge in [-0.05, 0) is 12.8 Å². The van der Waals surface area contributed by atoms with Gasteiger partial charge in [-0.3, -0.25) is 0 Å². The summed E-state index contributed by atoms with van der Waals surface area (Å²) in [7, 11) is 0. The molecule has 10 heavy (non-hydrogen) atoms. The summed E-state index contributed by atoms with van der Waals surface area (Å²) in [5, 5.41) is 0. The van der Waals surface area contributed by atoms with E-state index in [9.17, 15) is 4.79 Å². The van der Waals surface area contributed by atoms with Crippen LogP contribution in [0.5, 0.6) is 0 Å². The smallest absolute Gasteiger partial charge is 0.126 e. The Morgan fingerprint density at radius 3 is 2.20 bits per heavy atom. The molecule has 2 heteroatoms. The highest BCUT2D eigenvalue weighted by molar-refractivity contribution is 7.80. The van der Waals surface area contributed by atoms with E-state index in [1.165, 1.54) is 19.3 Å². The van der Waals surface area contributed by atoms with Gasteiger partial charge in [0.25, 0.3) is 0 Å². The molecule has 1 saturated carbocycles. The summed E-state index contributed by atoms with van der Waals surface area (Å²) in [6, 6.07) is 0. The van der Waals surface area contributed by atoms with Crippen molar-refractivity contribution in [3.63, 3.8) is 0 Å². The average Bonchev–Trinajstić information content (AvgIpc) is 2.06. The fourth-order valence-corrected chi connectivity index (χ4v) is 1.96. The van der Waals surface area contributed by atoms with Crippen LogP contribution in [-0.2, 0) is 4.79 Å². The van der Waals surface area contributed by atoms with E-state index in [0.29, 0.717) is 0 Å². The maximum atomic E-state index is 10.7. The van der Waals surface area contributed by atoms with Gasteiger partial charge < -0.3 is 4.79 Å². The minimum Gasteiger partial charge on any atom is -0.303 e. The van der Waals surface area contributed by atoms with Crippen molar-refractivity contribution in [3.05, 3.63) is 0 Å². The van der Waals surface area contributed by atoms with Crippen LogP contribution >= 0.6 is 12.6 Å². The molecule has 58 valence electrons. The van der Waals surface area contributed by atoms with Gasteiger partial charge in [-0.1, -0.05) is 19.3 Å². The number of carbonyl (C=O) groups is 1. The Bertz CT molecular complexity index is 116. The van der Waals surface area contributed by atoms with E-state index in [1.54, 1.807) is 0 Å². The predicted octanol–water partition coefficient (Wildman–Crippen LogP) is 2.07. The van der Waals surface area contributed by atoms with Crippen molar-refractivity contribution in [1.29, 1.82) is 0 Å². The Hall–Kier alpha value is 0.0200. The van der Waals surface area contributed by atoms with Crippen molar-refractivity contribution < 1.29 is 4.79 Å². The van der Waals surface area contributed by atoms with E-state index < -0.39 is 0 Å². The zero-order valence-corrected chi connectivity index (χ0v) is 7.07. The van der Waals surface area contributed by atoms with Gasteiger partial charge in [0.05, 0.1) is 0 Å². The third-order valence-electron chi connectivity index (χ3n) is 2.41. The normalized spacial score (nSPS) is 24.1. The average molecular weight is 158 g/mol. The Labute approximate surface area is 67.6 Å². The van der Waals surface area contributed by atoms with Crippen LogP contribution in [0.25, 0.3) is 0 Å². The second-order valence-electron chi connectivity index (χ2n) is 3.20. The molecule has 0 aromatic carbocycles. The largest absolute Gasteiger partial charge is 0.303 e. The number of hydrogen-bond acceptors (Lipinski definition) is 2. The minimum absolute atomic E-state index is 0.0542. The number of aldehydes is 1. The molecule has 1 nitrogen and oxygen atoms in total. The van der Waals surface area contributed by atoms with Crippen molar-refractivity contribution in [1.82, 2.24) is 0 Å². The molecule has 0 atom stereocenters. The van der Waals surface area contributed by atoms with Crippen LogP contribution in [0.4, 0.5) is 0 Å². The summed E-state index contributed by atoms with van der Waals surface area (Å²) in [5.41, 5.74) is -0.0542. The lowest BCUT2D eigenvalue weighted by molar-refractivity contribution is -0.116. The fraction of sp³-hybridized carbons (Fsp3) is 0.875. The van der Waals surface area contributed by atoms with E-state index in [0.717, 1.165) is 24.9 Å². The van der Waals surface area contributed by atoms with E-state index >= 15 is 0 Å². The minimum atomic E-state index is -0.0542. The van der Waals surface area contributed by atoms with Crippen molar-refractivity contribution in [2.24, 2.45) is 5.41 Å². The standard InChI is InChI=1S/C8H14OS/c9-6-8(7-10)4-2-1-3-5-8/h6,10H,1-5,7H2. The summed E-state index contributed by atoms with van der Waals surface area (Å²) in [5.74, 6) is 0.733. The van der Waals surface area contributed by atoms with Crippen molar-refractivity contribution in [3.8, 4) is 0 Å². The van der Waals surface area contributed by atoms with Gasteiger partial charge in [-0.15, -0.1) is 0 Å². The Kier molecular flexibility index (Phi) is 2.78. The van der Waals surface area contributed by atoms with E-state index in [2.05, 4.69) is 12.6 Å². The first-order valence-corrected chi connectivity index (χ1v) is 4.53. The Morgan fingerprint density at radius 1 is 1.30 bits per heavy atom. The molecule has 1 aliphatic rings. The van der Waals surface area contributed by atoms with E-state index in [4.69, 9.17) is 0 Å². The summed E-state index contributed by atoms with van der Waals surface area (Å²) in [4.78, 5) is 10.7. The molecule has 0 spiro atoms. The number of carbonyl (C=O) groups excluding carboxylic acids is 1. The first kappa shape index (κ1) is 8.12. The van der Waals surface area contributed by atoms with Crippen LogP contribution < -0.4 is 0 Å². The van der Waals surface area contributed by atoms with Crippen LogP contribution in [0.1, 0.15) is 32.1 Å². The molecule has 0 amide bonds. The molecule has 0 unspecified atom stereocenters. The Morgan fingerprint density at radius 2 is 1.90 bits per heavy atom. The lowest BCUT2D eigenvalue weighted by atomic mass is 9.77. The molecular formula is C8H14OS. The van der Waals surface area contributed by atoms with Crippen molar-refractivity contribution >= 4 is 18.9 Å². The molecule has 1 aliphatic carbocycles. The number of rotatable bonds is 2. The Balaban J connectivity index is 2.52. The SMILES string of the molecule is O=CC1(CS)CCCCC1. The third-order valence-corrected chi connectivity index (χ3v) is 3.04. The highest BCUT2D eigenvalue weighted by Crippen LogP contribution is 2.34. The summed E-state index contributed by atoms with van der Waals surface area (Å²) in [6.07, 6.45) is 6.93. The molecule has 0 aliphatic heterocycles. The molecule has 0 N–H and O–H groups in total. The third kappa shape index (κ3) is 1.54. The molecule has 0 saturated heterocycles. The van der Waals surface area contributed by atoms with Gasteiger partial charge in [0.15, 0.2) is 0 Å². The fourth-order valence-electron chi connectivity index (χ4n) is 1.57. The van der Waals surface area contributed by atoms with Crippen LogP contribution in [0, 0.1) is 5.41 Å². The molecular weight excluding hydrogens is 144 g/mol. The van der Waals surface area contributed by atoms with E-state index in [1.807, 2.05) is 0 Å². The second kappa shape index (κ2) is 3.42. The zero-order valence-electron chi connectivity index (χ0n) is 6.18. The van der Waals surface area contributed by atoms with Crippen LogP contribution in [0.15, 0.2) is 0 Å². The highest BCUT2D eigenvalue weighted by Gasteiger charge is 2.29. The lowest BCUT2D eigenvalue weighted by Crippen LogP contribution is -2.27. The lowest BCUT2D eigenvalue weighted by Gasteiger charge is -2.29. The molecule has 0 heterocycles. The summed E-state index contributed by atoms with van der Waals surface area (Å²) < 4.78 is 0. The monoisotopic (exact) mass is 158 g/mol. The summed E-state index contributed by atoms with van der Waals surface area (Å²) >= 11 is 4.20. The van der Waals surface area contributed by atoms with Gasteiger partial charge in [0.1, 0.15) is 6.29 Å². The molecule has 0 aromatic heterocycles. The molecule has 1 fully saturated rings. The van der Waals surface area contributed by atoms with Crippen LogP contribution in [0.3, 0.4) is 0 Å². The maximum absolute atomic E-state index is 10.7. The van der Waals surface area contributed by atoms with Crippen molar-refractivity contribution in [2.45, 2.75) is 32.1 Å². The molecule has 0 bridgehead atoms. The number of hydrogen-bond donors (Lipinski definition) is 1. The number of thiol groups is 1. The van der Waals surface area contributed by atoms with Gasteiger partial charge in [-0.2, -0.15) is 12.6 Å². The van der Waals surface area contributed by atoms with Gasteiger partial charge in [0.2, 0.25) is 0 Å². The second-order valence-corrected chi connectivity index (χ2v) is 3.52. The summed E-state index contributed by atoms with van der Waals surface area (Å²) in [6.45, 7) is 0. The molecule has 1 rings (SSSR count). The van der Waals surface area contributed by atoms with Crippen LogP contribution in [-0.4, -0.2) is 12.0 Å². The van der Waals surface area contributed by atoms with E-state index in [-0.39, 0.29) is 5.41 Å². The van der Waals surface area contributed by atoms with Crippen LogP contribution in [0.2, 0.25) is 0 Å². The molecule has 0 radical (unpaired) electrons. The van der Waals surface area contributed by atoms with Gasteiger partial charge >= 0.3 is 0 Å². The maximum Gasteiger partial charge on any atom is 0.126 e. The van der Waals surface area contributed by atoms with Gasteiger partial charge in [-0.25, -0.2) is 0 Å². The predicted molar refractivity (Wildman–Crippen MR) is 45.4 cm³/mol. The van der Waals surface area contributed by atoms with Gasteiger partial charge in [0, 0.05) is 11.2 Å². The topological polar surface area (TPSA) is 17.1 Å². The van der Waals surface area contributed by atoms with Crippen molar-refractivity contribution in [2.75, 3.05) is 5.75 Å².